The van der Waals surface area contributed by atoms with Gasteiger partial charge in [0.2, 0.25) is 0 Å². The summed E-state index contributed by atoms with van der Waals surface area (Å²) in [4.78, 5) is 41.2. The zero-order chi connectivity index (χ0) is 16.6. The number of hydrogen-bond acceptors (Lipinski definition) is 8. The van der Waals surface area contributed by atoms with Crippen LogP contribution in [0.4, 0.5) is 0 Å². The summed E-state index contributed by atoms with van der Waals surface area (Å²) in [5, 5.41) is 37.2. The van der Waals surface area contributed by atoms with Gasteiger partial charge in [-0.25, -0.2) is 0 Å². The van der Waals surface area contributed by atoms with Gasteiger partial charge in [-0.15, -0.1) is 0 Å². The van der Waals surface area contributed by atoms with Gasteiger partial charge in [-0.1, -0.05) is 13.8 Å². The van der Waals surface area contributed by atoms with Crippen LogP contribution in [-0.4, -0.2) is 83.7 Å². The van der Waals surface area contributed by atoms with E-state index in [9.17, 15) is 29.4 Å². The Bertz CT molecular complexity index is 341. The molecule has 0 rings (SSSR count). The molecule has 21 heavy (non-hydrogen) atoms. The van der Waals surface area contributed by atoms with Crippen LogP contribution in [0.5, 0.6) is 0 Å². The fourth-order valence-corrected chi connectivity index (χ4v) is 0.956. The Labute approximate surface area is 152 Å². The third-order valence-corrected chi connectivity index (χ3v) is 2.38. The van der Waals surface area contributed by atoms with Crippen molar-refractivity contribution in [2.45, 2.75) is 39.9 Å². The molecule has 0 aromatic carbocycles. The molecular formula is C12H18CaO8. The first kappa shape index (κ1) is 25.4. The normalized spacial score (nSPS) is 15.1. The van der Waals surface area contributed by atoms with Crippen LogP contribution in [0.1, 0.15) is 27.7 Å². The minimum Gasteiger partial charge on any atom is -0.549 e. The molecule has 0 saturated carbocycles. The number of carboxylic acid groups (broad SMARTS) is 2. The summed E-state index contributed by atoms with van der Waals surface area (Å²) < 4.78 is 0. The summed E-state index contributed by atoms with van der Waals surface area (Å²) in [5.41, 5.74) is 0. The van der Waals surface area contributed by atoms with Crippen LogP contribution in [0.15, 0.2) is 0 Å². The first-order valence-corrected chi connectivity index (χ1v) is 5.78. The molecule has 0 unspecified atom stereocenters. The molecule has 0 aliphatic heterocycles. The minimum atomic E-state index is -1.45. The maximum absolute atomic E-state index is 10.6. The van der Waals surface area contributed by atoms with Crippen molar-refractivity contribution in [1.82, 2.24) is 0 Å². The van der Waals surface area contributed by atoms with Crippen molar-refractivity contribution in [1.29, 1.82) is 0 Å². The number of aliphatic carboxylic acids is 2. The molecule has 0 aliphatic rings. The third kappa shape index (κ3) is 10.8. The molecule has 0 heterocycles. The van der Waals surface area contributed by atoms with Gasteiger partial charge in [0.05, 0.1) is 23.8 Å². The fraction of sp³-hybridized carbons (Fsp3) is 0.667. The number of carbonyl (C=O) groups is 4. The molecule has 4 atom stereocenters. The van der Waals surface area contributed by atoms with Crippen LogP contribution >= 0.6 is 0 Å². The molecule has 116 valence electrons. The predicted molar refractivity (Wildman–Crippen MR) is 67.5 cm³/mol. The molecule has 0 amide bonds. The molecule has 0 spiro atoms. The quantitative estimate of drug-likeness (QED) is 0.372. The largest absolute Gasteiger partial charge is 2.00 e. The zero-order valence-electron chi connectivity index (χ0n) is 12.4. The van der Waals surface area contributed by atoms with Gasteiger partial charge in [0.15, 0.2) is 11.6 Å². The average Bonchev–Trinajstić information content (AvgIpc) is 2.35. The van der Waals surface area contributed by atoms with E-state index in [1.807, 2.05) is 0 Å². The summed E-state index contributed by atoms with van der Waals surface area (Å²) in [6.07, 6.45) is -2.46. The number of hydrogen-bond donors (Lipinski definition) is 2. The van der Waals surface area contributed by atoms with E-state index < -0.39 is 47.5 Å². The summed E-state index contributed by atoms with van der Waals surface area (Å²) in [7, 11) is 0. The number of aliphatic hydroxyl groups is 2. The fourth-order valence-electron chi connectivity index (χ4n) is 0.956. The van der Waals surface area contributed by atoms with Crippen LogP contribution in [0.25, 0.3) is 0 Å². The van der Waals surface area contributed by atoms with Gasteiger partial charge in [0.25, 0.3) is 0 Å². The topological polar surface area (TPSA) is 155 Å². The van der Waals surface area contributed by atoms with E-state index in [0.717, 1.165) is 0 Å². The van der Waals surface area contributed by atoms with Crippen molar-refractivity contribution in [3.8, 4) is 0 Å². The maximum Gasteiger partial charge on any atom is 2.00 e. The van der Waals surface area contributed by atoms with Gasteiger partial charge in [-0.3, -0.25) is 9.59 Å². The first-order chi connectivity index (χ1) is 8.93. The Balaban J connectivity index is -0.000000295. The summed E-state index contributed by atoms with van der Waals surface area (Å²) >= 11 is 0. The number of carbonyl (C=O) groups excluding carboxylic acids is 4. The second-order valence-electron chi connectivity index (χ2n) is 4.24. The van der Waals surface area contributed by atoms with Gasteiger partial charge < -0.3 is 30.0 Å². The second-order valence-corrected chi connectivity index (χ2v) is 4.24. The van der Waals surface area contributed by atoms with Crippen molar-refractivity contribution in [2.75, 3.05) is 0 Å². The van der Waals surface area contributed by atoms with Crippen LogP contribution < -0.4 is 10.2 Å². The predicted octanol–water partition coefficient (Wildman–Crippen LogP) is -3.74. The van der Waals surface area contributed by atoms with E-state index in [-0.39, 0.29) is 37.7 Å². The van der Waals surface area contributed by atoms with Crippen LogP contribution in [0, 0.1) is 11.8 Å². The number of aliphatic hydroxyl groups excluding tert-OH is 2. The Hall–Kier alpha value is -0.540. The van der Waals surface area contributed by atoms with Crippen molar-refractivity contribution >= 4 is 61.2 Å². The number of rotatable bonds is 6. The third-order valence-electron chi connectivity index (χ3n) is 2.38. The molecule has 0 bridgehead atoms. The SMILES string of the molecule is C[C@H](C(=O)[O-])C(=O)[C@H](C)O.C[C@H](C(=O)[O-])C(=O)[C@H](C)O.[Ca+2]. The molecule has 0 aromatic heterocycles. The smallest absolute Gasteiger partial charge is 0.549 e. The molecular weight excluding hydrogens is 312 g/mol. The summed E-state index contributed by atoms with van der Waals surface area (Å²) in [5.74, 6) is -6.79. The van der Waals surface area contributed by atoms with E-state index in [1.54, 1.807) is 0 Å². The van der Waals surface area contributed by atoms with Gasteiger partial charge >= 0.3 is 37.7 Å². The molecule has 0 radical (unpaired) electrons. The molecule has 8 nitrogen and oxygen atoms in total. The van der Waals surface area contributed by atoms with E-state index in [2.05, 4.69) is 0 Å². The first-order valence-electron chi connectivity index (χ1n) is 5.78. The summed E-state index contributed by atoms with van der Waals surface area (Å²) in [6.45, 7) is 4.82. The van der Waals surface area contributed by atoms with Gasteiger partial charge in [-0.05, 0) is 13.8 Å². The molecule has 9 heteroatoms. The average molecular weight is 330 g/mol. The Kier molecular flexibility index (Phi) is 14.6. The Morgan fingerprint density at radius 2 is 0.905 bits per heavy atom. The van der Waals surface area contributed by atoms with E-state index in [4.69, 9.17) is 10.2 Å². The molecule has 0 fully saturated rings. The van der Waals surface area contributed by atoms with E-state index in [1.165, 1.54) is 27.7 Å². The van der Waals surface area contributed by atoms with Crippen molar-refractivity contribution in [3.05, 3.63) is 0 Å². The standard InChI is InChI=1S/2C6H10O4.Ca/c2*1-3(6(9)10)5(8)4(2)7;/h2*3-4,7H,1-2H3,(H,9,10);/q;;+2/p-2/t2*3-,4-;/m00./s1. The van der Waals surface area contributed by atoms with Crippen LogP contribution in [0.2, 0.25) is 0 Å². The Morgan fingerprint density at radius 1 is 0.714 bits per heavy atom. The van der Waals surface area contributed by atoms with Gasteiger partial charge in [-0.2, -0.15) is 0 Å². The maximum atomic E-state index is 10.6. The number of Topliss-reactive ketones (excluding diaryl/α,β-unsaturated/α-hetero) is 2. The number of carboxylic acids is 2. The van der Waals surface area contributed by atoms with Crippen molar-refractivity contribution in [2.24, 2.45) is 11.8 Å². The molecule has 0 aliphatic carbocycles. The van der Waals surface area contributed by atoms with Crippen LogP contribution in [0.3, 0.4) is 0 Å². The monoisotopic (exact) mass is 330 g/mol. The molecule has 2 N–H and O–H groups in total. The van der Waals surface area contributed by atoms with Gasteiger partial charge in [0.1, 0.15) is 12.2 Å². The van der Waals surface area contributed by atoms with Crippen LogP contribution in [-0.2, 0) is 19.2 Å². The van der Waals surface area contributed by atoms with Gasteiger partial charge in [0, 0.05) is 0 Å². The van der Waals surface area contributed by atoms with Crippen molar-refractivity contribution in [3.63, 3.8) is 0 Å². The zero-order valence-corrected chi connectivity index (χ0v) is 14.6. The Morgan fingerprint density at radius 3 is 0.952 bits per heavy atom. The second kappa shape index (κ2) is 12.0. The minimum absolute atomic E-state index is 0. The van der Waals surface area contributed by atoms with E-state index >= 15 is 0 Å². The summed E-state index contributed by atoms with van der Waals surface area (Å²) in [6, 6.07) is 0. The molecule has 0 aromatic rings. The van der Waals surface area contributed by atoms with Crippen molar-refractivity contribution < 1.29 is 39.6 Å². The number of ketones is 2. The molecule has 0 saturated heterocycles. The van der Waals surface area contributed by atoms with E-state index in [0.29, 0.717) is 0 Å².